The predicted octanol–water partition coefficient (Wildman–Crippen LogP) is 2.66. The molecule has 90 valence electrons. The van der Waals surface area contributed by atoms with Gasteiger partial charge in [0.15, 0.2) is 0 Å². The molecule has 1 fully saturated rings. The summed E-state index contributed by atoms with van der Waals surface area (Å²) in [5, 5.41) is 14.6. The summed E-state index contributed by atoms with van der Waals surface area (Å²) in [6, 6.07) is 2.26. The maximum absolute atomic E-state index is 9.97. The molecule has 1 N–H and O–H groups in total. The Morgan fingerprint density at radius 2 is 2.00 bits per heavy atom. The average molecular weight is 222 g/mol. The molecule has 0 bridgehead atoms. The van der Waals surface area contributed by atoms with Gasteiger partial charge in [-0.05, 0) is 18.9 Å². The largest absolute Gasteiger partial charge is 0.391 e. The van der Waals surface area contributed by atoms with Crippen molar-refractivity contribution < 1.29 is 5.11 Å². The Kier molecular flexibility index (Phi) is 3.06. The van der Waals surface area contributed by atoms with Gasteiger partial charge in [0.05, 0.1) is 17.8 Å². The van der Waals surface area contributed by atoms with Crippen LogP contribution < -0.4 is 0 Å². The van der Waals surface area contributed by atoms with Gasteiger partial charge in [-0.3, -0.25) is 4.68 Å². The zero-order chi connectivity index (χ0) is 11.8. The van der Waals surface area contributed by atoms with E-state index in [-0.39, 0.29) is 17.6 Å². The van der Waals surface area contributed by atoms with E-state index in [9.17, 15) is 5.11 Å². The number of aliphatic hydroxyl groups excluding tert-OH is 1. The van der Waals surface area contributed by atoms with Gasteiger partial charge in [-0.15, -0.1) is 0 Å². The van der Waals surface area contributed by atoms with Crippen LogP contribution in [0.3, 0.4) is 0 Å². The maximum atomic E-state index is 9.97. The first-order valence-electron chi connectivity index (χ1n) is 6.22. The fraction of sp³-hybridized carbons (Fsp3) is 0.769. The minimum Gasteiger partial charge on any atom is -0.391 e. The molecule has 1 aliphatic carbocycles. The molecule has 1 aromatic heterocycles. The number of nitrogens with zero attached hydrogens (tertiary/aromatic N) is 2. The predicted molar refractivity (Wildman–Crippen MR) is 64.4 cm³/mol. The zero-order valence-corrected chi connectivity index (χ0v) is 10.5. The molecular weight excluding hydrogens is 200 g/mol. The third-order valence-electron chi connectivity index (χ3n) is 3.41. The molecule has 1 heterocycles. The zero-order valence-electron chi connectivity index (χ0n) is 10.5. The fourth-order valence-corrected chi connectivity index (χ4v) is 2.32. The third kappa shape index (κ3) is 2.29. The van der Waals surface area contributed by atoms with Crippen LogP contribution in [0.25, 0.3) is 0 Å². The van der Waals surface area contributed by atoms with Crippen molar-refractivity contribution in [3.63, 3.8) is 0 Å². The molecule has 0 aromatic carbocycles. The molecule has 16 heavy (non-hydrogen) atoms. The van der Waals surface area contributed by atoms with Crippen LogP contribution >= 0.6 is 0 Å². The first-order valence-corrected chi connectivity index (χ1v) is 6.22. The standard InChI is InChI=1S/C13H22N2O/c1-13(2,3)12-8-9-15(14-12)10-6-4-5-7-11(10)16/h8-11,16H,4-7H2,1-3H3/t10-,11-/m0/s1. The molecule has 0 unspecified atom stereocenters. The fourth-order valence-electron chi connectivity index (χ4n) is 2.32. The van der Waals surface area contributed by atoms with Crippen molar-refractivity contribution in [3.8, 4) is 0 Å². The average Bonchev–Trinajstić information content (AvgIpc) is 2.66. The molecule has 3 nitrogen and oxygen atoms in total. The highest BCUT2D eigenvalue weighted by molar-refractivity contribution is 5.11. The summed E-state index contributed by atoms with van der Waals surface area (Å²) in [5.74, 6) is 0. The van der Waals surface area contributed by atoms with Gasteiger partial charge in [-0.2, -0.15) is 5.10 Å². The Hall–Kier alpha value is -0.830. The summed E-state index contributed by atoms with van der Waals surface area (Å²) in [5.41, 5.74) is 1.19. The summed E-state index contributed by atoms with van der Waals surface area (Å²) < 4.78 is 1.96. The molecule has 0 aliphatic heterocycles. The van der Waals surface area contributed by atoms with Crippen LogP contribution in [0.4, 0.5) is 0 Å². The van der Waals surface area contributed by atoms with E-state index in [2.05, 4.69) is 31.9 Å². The van der Waals surface area contributed by atoms with Crippen LogP contribution in [0, 0.1) is 0 Å². The minimum atomic E-state index is -0.221. The van der Waals surface area contributed by atoms with Crippen molar-refractivity contribution >= 4 is 0 Å². The molecule has 1 aliphatic rings. The highest BCUT2D eigenvalue weighted by Gasteiger charge is 2.26. The second kappa shape index (κ2) is 4.21. The van der Waals surface area contributed by atoms with E-state index >= 15 is 0 Å². The maximum Gasteiger partial charge on any atom is 0.0778 e. The Morgan fingerprint density at radius 3 is 2.56 bits per heavy atom. The normalized spacial score (nSPS) is 27.0. The summed E-state index contributed by atoms with van der Waals surface area (Å²) >= 11 is 0. The summed E-state index contributed by atoms with van der Waals surface area (Å²) in [7, 11) is 0. The summed E-state index contributed by atoms with van der Waals surface area (Å²) in [6.45, 7) is 6.49. The van der Waals surface area contributed by atoms with Crippen LogP contribution in [0.2, 0.25) is 0 Å². The van der Waals surface area contributed by atoms with Gasteiger partial charge < -0.3 is 5.11 Å². The van der Waals surface area contributed by atoms with E-state index in [0.717, 1.165) is 25.0 Å². The van der Waals surface area contributed by atoms with Crippen molar-refractivity contribution in [1.29, 1.82) is 0 Å². The van der Waals surface area contributed by atoms with E-state index in [0.29, 0.717) is 0 Å². The van der Waals surface area contributed by atoms with E-state index in [1.807, 2.05) is 10.9 Å². The lowest BCUT2D eigenvalue weighted by atomic mass is 9.93. The molecule has 0 radical (unpaired) electrons. The van der Waals surface area contributed by atoms with Crippen molar-refractivity contribution in [1.82, 2.24) is 9.78 Å². The number of rotatable bonds is 1. The number of hydrogen-bond donors (Lipinski definition) is 1. The highest BCUT2D eigenvalue weighted by Crippen LogP contribution is 2.29. The van der Waals surface area contributed by atoms with E-state index in [1.54, 1.807) is 0 Å². The Bertz CT molecular complexity index is 351. The minimum absolute atomic E-state index is 0.0882. The second-order valence-electron chi connectivity index (χ2n) is 5.85. The van der Waals surface area contributed by atoms with E-state index in [1.165, 1.54) is 6.42 Å². The lowest BCUT2D eigenvalue weighted by molar-refractivity contribution is 0.0690. The second-order valence-corrected chi connectivity index (χ2v) is 5.85. The van der Waals surface area contributed by atoms with Crippen molar-refractivity contribution in [3.05, 3.63) is 18.0 Å². The molecule has 0 spiro atoms. The molecule has 3 heteroatoms. The van der Waals surface area contributed by atoms with Gasteiger partial charge in [0.2, 0.25) is 0 Å². The number of aliphatic hydroxyl groups is 1. The van der Waals surface area contributed by atoms with Crippen LogP contribution in [-0.2, 0) is 5.41 Å². The monoisotopic (exact) mass is 222 g/mol. The van der Waals surface area contributed by atoms with E-state index < -0.39 is 0 Å². The summed E-state index contributed by atoms with van der Waals surface area (Å²) in [6.07, 6.45) is 6.10. The lowest BCUT2D eigenvalue weighted by Gasteiger charge is -2.28. The van der Waals surface area contributed by atoms with Gasteiger partial charge in [-0.25, -0.2) is 0 Å². The van der Waals surface area contributed by atoms with Crippen LogP contribution in [0.1, 0.15) is 58.2 Å². The van der Waals surface area contributed by atoms with Gasteiger partial charge >= 0.3 is 0 Å². The van der Waals surface area contributed by atoms with Crippen molar-refractivity contribution in [2.45, 2.75) is 64.0 Å². The lowest BCUT2D eigenvalue weighted by Crippen LogP contribution is -2.28. The molecular formula is C13H22N2O. The van der Waals surface area contributed by atoms with Crippen LogP contribution in [-0.4, -0.2) is 21.0 Å². The molecule has 1 saturated carbocycles. The molecule has 2 atom stereocenters. The smallest absolute Gasteiger partial charge is 0.0778 e. The van der Waals surface area contributed by atoms with Gasteiger partial charge in [0.25, 0.3) is 0 Å². The van der Waals surface area contributed by atoms with Gasteiger partial charge in [0, 0.05) is 11.6 Å². The quantitative estimate of drug-likeness (QED) is 0.793. The topological polar surface area (TPSA) is 38.0 Å². The van der Waals surface area contributed by atoms with Crippen LogP contribution in [0.5, 0.6) is 0 Å². The molecule has 0 saturated heterocycles. The third-order valence-corrected chi connectivity index (χ3v) is 3.41. The van der Waals surface area contributed by atoms with Crippen LogP contribution in [0.15, 0.2) is 12.3 Å². The van der Waals surface area contributed by atoms with Gasteiger partial charge in [0.1, 0.15) is 0 Å². The highest BCUT2D eigenvalue weighted by atomic mass is 16.3. The molecule has 1 aromatic rings. The van der Waals surface area contributed by atoms with E-state index in [4.69, 9.17) is 0 Å². The summed E-state index contributed by atoms with van der Waals surface area (Å²) in [4.78, 5) is 0. The van der Waals surface area contributed by atoms with Crippen molar-refractivity contribution in [2.75, 3.05) is 0 Å². The first-order chi connectivity index (χ1) is 7.48. The molecule has 2 rings (SSSR count). The Balaban J connectivity index is 2.18. The number of hydrogen-bond acceptors (Lipinski definition) is 2. The van der Waals surface area contributed by atoms with Gasteiger partial charge in [-0.1, -0.05) is 33.6 Å². The Labute approximate surface area is 97.5 Å². The number of aromatic nitrogens is 2. The SMILES string of the molecule is CC(C)(C)c1ccn([C@H]2CCCC[C@@H]2O)n1. The first kappa shape index (κ1) is 11.6. The Morgan fingerprint density at radius 1 is 1.31 bits per heavy atom. The van der Waals surface area contributed by atoms with Crippen molar-refractivity contribution in [2.24, 2.45) is 0 Å². The molecule has 0 amide bonds.